The van der Waals surface area contributed by atoms with Crippen molar-refractivity contribution in [2.75, 3.05) is 6.61 Å². The van der Waals surface area contributed by atoms with E-state index in [0.717, 1.165) is 16.5 Å². The van der Waals surface area contributed by atoms with Crippen LogP contribution in [0.2, 0.25) is 0 Å². The largest absolute Gasteiger partial charge is 0.457 e. The lowest BCUT2D eigenvalue weighted by Crippen LogP contribution is -2.06. The summed E-state index contributed by atoms with van der Waals surface area (Å²) < 4.78 is 4.85. The molecule has 4 nitrogen and oxygen atoms in total. The Bertz CT molecular complexity index is 689. The second-order valence-corrected chi connectivity index (χ2v) is 3.85. The summed E-state index contributed by atoms with van der Waals surface area (Å²) in [6.45, 7) is 3.54. The third-order valence-electron chi connectivity index (χ3n) is 2.59. The van der Waals surface area contributed by atoms with Gasteiger partial charge in [-0.25, -0.2) is 4.79 Å². The molecule has 94 valence electrons. The highest BCUT2D eigenvalue weighted by molar-refractivity contribution is 6.01. The van der Waals surface area contributed by atoms with Crippen LogP contribution in [0.25, 0.3) is 17.0 Å². The number of aromatic nitrogens is 1. The number of aromatic amines is 1. The minimum absolute atomic E-state index is 0.0356. The van der Waals surface area contributed by atoms with E-state index in [1.807, 2.05) is 30.3 Å². The number of esters is 1. The molecule has 2 aromatic rings. The summed E-state index contributed by atoms with van der Waals surface area (Å²) in [6.07, 6.45) is 4.73. The summed E-state index contributed by atoms with van der Waals surface area (Å²) in [5, 5.41) is 9.96. The van der Waals surface area contributed by atoms with Crippen molar-refractivity contribution in [3.05, 3.63) is 54.3 Å². The summed E-state index contributed by atoms with van der Waals surface area (Å²) in [6, 6.07) is 9.51. The Balaban J connectivity index is 2.35. The van der Waals surface area contributed by atoms with Crippen molar-refractivity contribution in [2.24, 2.45) is 0 Å². The fourth-order valence-electron chi connectivity index (χ4n) is 1.72. The van der Waals surface area contributed by atoms with E-state index < -0.39 is 5.97 Å². The van der Waals surface area contributed by atoms with Gasteiger partial charge < -0.3 is 9.72 Å². The van der Waals surface area contributed by atoms with E-state index in [0.29, 0.717) is 0 Å². The first kappa shape index (κ1) is 12.7. The standard InChI is InChI=1S/C15H12N2O2/c1-2-7-19-15(18)11(9-16)8-12-10-17-14-6-4-3-5-13(12)14/h2-6,8,10,17H,1,7H2. The van der Waals surface area contributed by atoms with Gasteiger partial charge in [-0.15, -0.1) is 0 Å². The third-order valence-corrected chi connectivity index (χ3v) is 2.59. The van der Waals surface area contributed by atoms with Crippen LogP contribution in [0.15, 0.2) is 48.7 Å². The summed E-state index contributed by atoms with van der Waals surface area (Å²) in [7, 11) is 0. The highest BCUT2D eigenvalue weighted by Crippen LogP contribution is 2.20. The monoisotopic (exact) mass is 252 g/mol. The molecule has 0 aliphatic carbocycles. The van der Waals surface area contributed by atoms with E-state index in [2.05, 4.69) is 11.6 Å². The zero-order chi connectivity index (χ0) is 13.7. The van der Waals surface area contributed by atoms with Crippen LogP contribution in [0.5, 0.6) is 0 Å². The molecule has 4 heteroatoms. The molecule has 1 heterocycles. The normalized spacial score (nSPS) is 11.0. The van der Waals surface area contributed by atoms with Crippen molar-refractivity contribution in [3.63, 3.8) is 0 Å². The maximum absolute atomic E-state index is 11.6. The zero-order valence-electron chi connectivity index (χ0n) is 10.2. The average Bonchev–Trinajstić information content (AvgIpc) is 2.85. The van der Waals surface area contributed by atoms with E-state index in [1.54, 1.807) is 6.20 Å². The van der Waals surface area contributed by atoms with Gasteiger partial charge in [0, 0.05) is 22.7 Å². The number of nitriles is 1. The number of nitrogens with zero attached hydrogens (tertiary/aromatic N) is 1. The third kappa shape index (κ3) is 2.72. The van der Waals surface area contributed by atoms with Crippen LogP contribution in [0.3, 0.4) is 0 Å². The molecular weight excluding hydrogens is 240 g/mol. The van der Waals surface area contributed by atoms with Gasteiger partial charge in [-0.1, -0.05) is 30.9 Å². The Labute approximate surface area is 110 Å². The number of para-hydroxylation sites is 1. The van der Waals surface area contributed by atoms with Gasteiger partial charge >= 0.3 is 5.97 Å². The second kappa shape index (κ2) is 5.69. The van der Waals surface area contributed by atoms with Crippen LogP contribution in [0, 0.1) is 11.3 Å². The molecule has 0 unspecified atom stereocenters. The Hall–Kier alpha value is -2.80. The van der Waals surface area contributed by atoms with Crippen molar-refractivity contribution in [2.45, 2.75) is 0 Å². The predicted molar refractivity (Wildman–Crippen MR) is 73.0 cm³/mol. The minimum Gasteiger partial charge on any atom is -0.457 e. The van der Waals surface area contributed by atoms with E-state index in [9.17, 15) is 4.79 Å². The number of hydrogen-bond acceptors (Lipinski definition) is 3. The molecule has 0 saturated heterocycles. The first-order valence-corrected chi connectivity index (χ1v) is 5.72. The van der Waals surface area contributed by atoms with Crippen LogP contribution in [0.1, 0.15) is 5.56 Å². The van der Waals surface area contributed by atoms with Crippen molar-refractivity contribution in [1.29, 1.82) is 5.26 Å². The Morgan fingerprint density at radius 3 is 3.00 bits per heavy atom. The van der Waals surface area contributed by atoms with Gasteiger partial charge in [-0.2, -0.15) is 5.26 Å². The Kier molecular flexibility index (Phi) is 3.79. The molecule has 0 aliphatic heterocycles. The molecule has 0 atom stereocenters. The molecule has 0 aliphatic rings. The lowest BCUT2D eigenvalue weighted by Gasteiger charge is -1.99. The highest BCUT2D eigenvalue weighted by Gasteiger charge is 2.11. The number of carbonyl (C=O) groups excluding carboxylic acids is 1. The van der Waals surface area contributed by atoms with Crippen molar-refractivity contribution in [3.8, 4) is 6.07 Å². The number of rotatable bonds is 4. The fourth-order valence-corrected chi connectivity index (χ4v) is 1.72. The fraction of sp³-hybridized carbons (Fsp3) is 0.0667. The lowest BCUT2D eigenvalue weighted by molar-refractivity contribution is -0.137. The minimum atomic E-state index is -0.646. The summed E-state index contributed by atoms with van der Waals surface area (Å²) in [5.74, 6) is -0.646. The number of ether oxygens (including phenoxy) is 1. The Morgan fingerprint density at radius 1 is 1.47 bits per heavy atom. The number of benzene rings is 1. The maximum atomic E-state index is 11.6. The SMILES string of the molecule is C=CCOC(=O)C(C#N)=Cc1c[nH]c2ccccc12. The van der Waals surface area contributed by atoms with Crippen LogP contribution < -0.4 is 0 Å². The van der Waals surface area contributed by atoms with E-state index in [4.69, 9.17) is 10.00 Å². The molecule has 0 bridgehead atoms. The van der Waals surface area contributed by atoms with Gasteiger partial charge in [0.25, 0.3) is 0 Å². The molecule has 0 amide bonds. The molecular formula is C15H12N2O2. The predicted octanol–water partition coefficient (Wildman–Crippen LogP) is 2.80. The number of nitrogens with one attached hydrogen (secondary N) is 1. The summed E-state index contributed by atoms with van der Waals surface area (Å²) >= 11 is 0. The molecule has 1 aromatic carbocycles. The van der Waals surface area contributed by atoms with Crippen molar-refractivity contribution >= 4 is 22.9 Å². The number of hydrogen-bond donors (Lipinski definition) is 1. The van der Waals surface area contributed by atoms with Crippen LogP contribution >= 0.6 is 0 Å². The molecule has 1 N–H and O–H groups in total. The number of H-pyrrole nitrogens is 1. The molecule has 0 fully saturated rings. The van der Waals surface area contributed by atoms with Gasteiger partial charge in [0.1, 0.15) is 18.2 Å². The molecule has 0 spiro atoms. The average molecular weight is 252 g/mol. The smallest absolute Gasteiger partial charge is 0.349 e. The first-order chi connectivity index (χ1) is 9.26. The number of carbonyl (C=O) groups is 1. The van der Waals surface area contributed by atoms with E-state index >= 15 is 0 Å². The lowest BCUT2D eigenvalue weighted by atomic mass is 10.1. The van der Waals surface area contributed by atoms with Gasteiger partial charge in [-0.3, -0.25) is 0 Å². The molecule has 19 heavy (non-hydrogen) atoms. The van der Waals surface area contributed by atoms with Gasteiger partial charge in [-0.05, 0) is 12.1 Å². The van der Waals surface area contributed by atoms with E-state index in [1.165, 1.54) is 12.2 Å². The highest BCUT2D eigenvalue weighted by atomic mass is 16.5. The van der Waals surface area contributed by atoms with Gasteiger partial charge in [0.2, 0.25) is 0 Å². The molecule has 1 aromatic heterocycles. The van der Waals surface area contributed by atoms with Crippen LogP contribution in [-0.4, -0.2) is 17.6 Å². The summed E-state index contributed by atoms with van der Waals surface area (Å²) in [5.41, 5.74) is 1.69. The summed E-state index contributed by atoms with van der Waals surface area (Å²) in [4.78, 5) is 14.7. The zero-order valence-corrected chi connectivity index (χ0v) is 10.2. The molecule has 0 radical (unpaired) electrons. The topological polar surface area (TPSA) is 65.9 Å². The quantitative estimate of drug-likeness (QED) is 0.394. The number of fused-ring (bicyclic) bond motifs is 1. The molecule has 2 rings (SSSR count). The Morgan fingerprint density at radius 2 is 2.26 bits per heavy atom. The second-order valence-electron chi connectivity index (χ2n) is 3.85. The van der Waals surface area contributed by atoms with Crippen LogP contribution in [-0.2, 0) is 9.53 Å². The van der Waals surface area contributed by atoms with Crippen LogP contribution in [0.4, 0.5) is 0 Å². The molecule has 0 saturated carbocycles. The van der Waals surface area contributed by atoms with Crippen molar-refractivity contribution in [1.82, 2.24) is 4.98 Å². The van der Waals surface area contributed by atoms with Crippen molar-refractivity contribution < 1.29 is 9.53 Å². The maximum Gasteiger partial charge on any atom is 0.349 e. The van der Waals surface area contributed by atoms with Gasteiger partial charge in [0.15, 0.2) is 0 Å². The van der Waals surface area contributed by atoms with E-state index in [-0.39, 0.29) is 12.2 Å². The van der Waals surface area contributed by atoms with Gasteiger partial charge in [0.05, 0.1) is 0 Å². The first-order valence-electron chi connectivity index (χ1n) is 5.72.